The maximum atomic E-state index is 6.05. The van der Waals surface area contributed by atoms with E-state index in [4.69, 9.17) is 11.6 Å². The van der Waals surface area contributed by atoms with E-state index in [1.165, 1.54) is 22.3 Å². The molecule has 60 valence electrons. The van der Waals surface area contributed by atoms with E-state index < -0.39 is 0 Å². The van der Waals surface area contributed by atoms with E-state index >= 15 is 0 Å². The van der Waals surface area contributed by atoms with Crippen LogP contribution in [0.1, 0.15) is 22.3 Å². The van der Waals surface area contributed by atoms with Gasteiger partial charge in [0.1, 0.15) is 0 Å². The van der Waals surface area contributed by atoms with Crippen LogP contribution in [-0.4, -0.2) is 0 Å². The summed E-state index contributed by atoms with van der Waals surface area (Å²) in [4.78, 5) is 0. The van der Waals surface area contributed by atoms with Gasteiger partial charge in [-0.2, -0.15) is 0 Å². The van der Waals surface area contributed by atoms with Crippen molar-refractivity contribution in [3.8, 4) is 0 Å². The molecule has 0 atom stereocenters. The number of benzene rings is 1. The normalized spacial score (nSPS) is 10.3. The molecular formula is C10H13Cl. The van der Waals surface area contributed by atoms with Gasteiger partial charge in [-0.1, -0.05) is 17.7 Å². The van der Waals surface area contributed by atoms with Gasteiger partial charge in [-0.25, -0.2) is 0 Å². The summed E-state index contributed by atoms with van der Waals surface area (Å²) in [6.07, 6.45) is 0. The van der Waals surface area contributed by atoms with Gasteiger partial charge in [0.25, 0.3) is 0 Å². The average molecular weight is 169 g/mol. The molecule has 0 bridgehead atoms. The van der Waals surface area contributed by atoms with Crippen molar-refractivity contribution in [3.63, 3.8) is 0 Å². The Balaban J connectivity index is 3.46. The van der Waals surface area contributed by atoms with E-state index in [2.05, 4.69) is 26.8 Å². The van der Waals surface area contributed by atoms with Crippen LogP contribution in [0.4, 0.5) is 0 Å². The standard InChI is InChI=1S/C10H13Cl/c1-6-5-7(2)10(11)9(4)8(6)3/h5H,1-4H3. The summed E-state index contributed by atoms with van der Waals surface area (Å²) in [5.41, 5.74) is 5.02. The number of aryl methyl sites for hydroxylation is 2. The van der Waals surface area contributed by atoms with E-state index in [9.17, 15) is 0 Å². The van der Waals surface area contributed by atoms with Crippen molar-refractivity contribution >= 4 is 11.6 Å². The number of hydrogen-bond acceptors (Lipinski definition) is 0. The minimum absolute atomic E-state index is 0.910. The molecule has 0 aliphatic heterocycles. The molecule has 0 N–H and O–H groups in total. The van der Waals surface area contributed by atoms with Gasteiger partial charge in [-0.3, -0.25) is 0 Å². The minimum atomic E-state index is 0.910. The van der Waals surface area contributed by atoms with Gasteiger partial charge in [-0.05, 0) is 49.9 Å². The molecule has 1 rings (SSSR count). The lowest BCUT2D eigenvalue weighted by atomic mass is 10.0. The highest BCUT2D eigenvalue weighted by Crippen LogP contribution is 2.25. The van der Waals surface area contributed by atoms with Crippen molar-refractivity contribution < 1.29 is 0 Å². The second-order valence-electron chi connectivity index (χ2n) is 3.07. The number of rotatable bonds is 0. The Morgan fingerprint density at radius 1 is 0.909 bits per heavy atom. The van der Waals surface area contributed by atoms with Gasteiger partial charge < -0.3 is 0 Å². The van der Waals surface area contributed by atoms with Crippen molar-refractivity contribution in [2.75, 3.05) is 0 Å². The quantitative estimate of drug-likeness (QED) is 0.556. The first kappa shape index (κ1) is 8.61. The van der Waals surface area contributed by atoms with E-state index in [0.717, 1.165) is 5.02 Å². The van der Waals surface area contributed by atoms with Crippen LogP contribution in [-0.2, 0) is 0 Å². The summed E-state index contributed by atoms with van der Waals surface area (Å²) < 4.78 is 0. The Morgan fingerprint density at radius 2 is 1.45 bits per heavy atom. The fraction of sp³-hybridized carbons (Fsp3) is 0.400. The molecule has 1 heteroatoms. The molecule has 0 amide bonds. The summed E-state index contributed by atoms with van der Waals surface area (Å²) >= 11 is 6.05. The van der Waals surface area contributed by atoms with Crippen molar-refractivity contribution in [2.45, 2.75) is 27.7 Å². The minimum Gasteiger partial charge on any atom is -0.0838 e. The molecule has 0 heterocycles. The van der Waals surface area contributed by atoms with Gasteiger partial charge in [-0.15, -0.1) is 0 Å². The van der Waals surface area contributed by atoms with Crippen LogP contribution in [0.5, 0.6) is 0 Å². The molecule has 0 spiro atoms. The molecule has 0 aliphatic carbocycles. The first-order chi connectivity index (χ1) is 5.04. The molecule has 1 aromatic carbocycles. The van der Waals surface area contributed by atoms with Crippen molar-refractivity contribution in [1.29, 1.82) is 0 Å². The van der Waals surface area contributed by atoms with Crippen LogP contribution in [0.2, 0.25) is 5.02 Å². The Hall–Kier alpha value is -0.490. The average Bonchev–Trinajstić information content (AvgIpc) is 1.97. The predicted molar refractivity (Wildman–Crippen MR) is 50.4 cm³/mol. The van der Waals surface area contributed by atoms with E-state index in [0.29, 0.717) is 0 Å². The molecule has 0 radical (unpaired) electrons. The number of halogens is 1. The summed E-state index contributed by atoms with van der Waals surface area (Å²) in [5, 5.41) is 0.910. The molecule has 0 fully saturated rings. The molecule has 0 saturated carbocycles. The second-order valence-corrected chi connectivity index (χ2v) is 3.45. The summed E-state index contributed by atoms with van der Waals surface area (Å²) in [5.74, 6) is 0. The van der Waals surface area contributed by atoms with Crippen molar-refractivity contribution in [3.05, 3.63) is 33.3 Å². The van der Waals surface area contributed by atoms with Gasteiger partial charge in [0.15, 0.2) is 0 Å². The van der Waals surface area contributed by atoms with E-state index in [1.54, 1.807) is 0 Å². The zero-order valence-electron chi connectivity index (χ0n) is 7.46. The van der Waals surface area contributed by atoms with Crippen LogP contribution in [0, 0.1) is 27.7 Å². The largest absolute Gasteiger partial charge is 0.0838 e. The number of hydrogen-bond donors (Lipinski definition) is 0. The predicted octanol–water partition coefficient (Wildman–Crippen LogP) is 3.57. The van der Waals surface area contributed by atoms with Crippen molar-refractivity contribution in [1.82, 2.24) is 0 Å². The molecule has 0 nitrogen and oxygen atoms in total. The third kappa shape index (κ3) is 1.41. The van der Waals surface area contributed by atoms with Crippen LogP contribution < -0.4 is 0 Å². The third-order valence-corrected chi connectivity index (χ3v) is 2.84. The highest BCUT2D eigenvalue weighted by atomic mass is 35.5. The summed E-state index contributed by atoms with van der Waals surface area (Å²) in [6.45, 7) is 8.33. The zero-order chi connectivity index (χ0) is 8.59. The van der Waals surface area contributed by atoms with Crippen LogP contribution in [0.3, 0.4) is 0 Å². The zero-order valence-corrected chi connectivity index (χ0v) is 8.21. The highest BCUT2D eigenvalue weighted by Gasteiger charge is 2.04. The lowest BCUT2D eigenvalue weighted by molar-refractivity contribution is 1.23. The molecule has 0 aromatic heterocycles. The first-order valence-electron chi connectivity index (χ1n) is 3.77. The van der Waals surface area contributed by atoms with E-state index in [-0.39, 0.29) is 0 Å². The Morgan fingerprint density at radius 3 is 2.00 bits per heavy atom. The molecule has 11 heavy (non-hydrogen) atoms. The second kappa shape index (κ2) is 2.86. The lowest BCUT2D eigenvalue weighted by Gasteiger charge is -2.08. The fourth-order valence-corrected chi connectivity index (χ4v) is 1.45. The maximum Gasteiger partial charge on any atom is 0.0467 e. The Kier molecular flexibility index (Phi) is 2.24. The highest BCUT2D eigenvalue weighted by molar-refractivity contribution is 6.32. The lowest BCUT2D eigenvalue weighted by Crippen LogP contribution is -1.90. The van der Waals surface area contributed by atoms with Gasteiger partial charge in [0, 0.05) is 5.02 Å². The Bertz CT molecular complexity index is 261. The summed E-state index contributed by atoms with van der Waals surface area (Å²) in [6, 6.07) is 2.13. The fourth-order valence-electron chi connectivity index (χ4n) is 1.25. The monoisotopic (exact) mass is 168 g/mol. The maximum absolute atomic E-state index is 6.05. The Labute approximate surface area is 73.2 Å². The van der Waals surface area contributed by atoms with Crippen LogP contribution in [0.25, 0.3) is 0 Å². The van der Waals surface area contributed by atoms with Crippen molar-refractivity contribution in [2.24, 2.45) is 0 Å². The van der Waals surface area contributed by atoms with Gasteiger partial charge >= 0.3 is 0 Å². The third-order valence-electron chi connectivity index (χ3n) is 2.26. The molecular weight excluding hydrogens is 156 g/mol. The summed E-state index contributed by atoms with van der Waals surface area (Å²) in [7, 11) is 0. The first-order valence-corrected chi connectivity index (χ1v) is 4.14. The molecule has 1 aromatic rings. The molecule has 0 aliphatic rings. The van der Waals surface area contributed by atoms with E-state index in [1.807, 2.05) is 6.92 Å². The van der Waals surface area contributed by atoms with Crippen LogP contribution in [0.15, 0.2) is 6.07 Å². The van der Waals surface area contributed by atoms with Gasteiger partial charge in [0.2, 0.25) is 0 Å². The topological polar surface area (TPSA) is 0 Å². The molecule has 0 saturated heterocycles. The SMILES string of the molecule is Cc1cc(C)c(Cl)c(C)c1C. The smallest absolute Gasteiger partial charge is 0.0467 e. The van der Waals surface area contributed by atoms with Crippen LogP contribution >= 0.6 is 11.6 Å². The van der Waals surface area contributed by atoms with Gasteiger partial charge in [0.05, 0.1) is 0 Å². The molecule has 0 unspecified atom stereocenters.